The number of carbonyl (C=O) groups excluding carboxylic acids is 1. The van der Waals surface area contributed by atoms with Crippen molar-refractivity contribution in [3.63, 3.8) is 0 Å². The van der Waals surface area contributed by atoms with Crippen molar-refractivity contribution in [2.24, 2.45) is 0 Å². The molecule has 2 aliphatic rings. The molecule has 11 N–H and O–H groups in total. The maximum atomic E-state index is 12.2. The summed E-state index contributed by atoms with van der Waals surface area (Å²) < 4.78 is 20.8. The molecule has 13 atom stereocenters. The highest BCUT2D eigenvalue weighted by Gasteiger charge is 2.49. The lowest BCUT2D eigenvalue weighted by Gasteiger charge is -2.43. The van der Waals surface area contributed by atoms with Gasteiger partial charge in [0.15, 0.2) is 18.4 Å². The molecule has 0 saturated carbocycles. The van der Waals surface area contributed by atoms with Gasteiger partial charge in [0.1, 0.15) is 67.1 Å². The molecule has 0 aliphatic carbocycles. The predicted molar refractivity (Wildman–Crippen MR) is 102 cm³/mol. The second-order valence-corrected chi connectivity index (χ2v) is 7.95. The van der Waals surface area contributed by atoms with E-state index in [1.54, 1.807) is 0 Å². The molecule has 34 heavy (non-hydrogen) atoms. The van der Waals surface area contributed by atoms with Gasteiger partial charge in [-0.05, 0) is 0 Å². The average Bonchev–Trinajstić information content (AvgIpc) is 2.84. The number of Topliss-reactive ketones (excluding diaryl/α,β-unsaturated/α-hetero) is 1. The Labute approximate surface area is 192 Å². The number of rotatable bonds is 11. The minimum Gasteiger partial charge on any atom is -0.394 e. The molecule has 0 bridgehead atoms. The zero-order valence-corrected chi connectivity index (χ0v) is 17.8. The van der Waals surface area contributed by atoms with Crippen LogP contribution in [-0.4, -0.2) is 168 Å². The van der Waals surface area contributed by atoms with E-state index in [9.17, 15) is 50.8 Å². The summed E-state index contributed by atoms with van der Waals surface area (Å²) in [7, 11) is 0. The summed E-state index contributed by atoms with van der Waals surface area (Å²) in [6, 6.07) is 0. The van der Waals surface area contributed by atoms with Crippen LogP contribution in [0.4, 0.5) is 0 Å². The molecule has 0 unspecified atom stereocenters. The Balaban J connectivity index is 2.11. The molecule has 0 aromatic heterocycles. The first-order chi connectivity index (χ1) is 16.0. The van der Waals surface area contributed by atoms with Crippen molar-refractivity contribution in [2.75, 3.05) is 26.4 Å². The fourth-order valence-electron chi connectivity index (χ4n) is 3.43. The van der Waals surface area contributed by atoms with Crippen LogP contribution in [-0.2, 0) is 23.7 Å². The second-order valence-electron chi connectivity index (χ2n) is 7.95. The van der Waals surface area contributed by atoms with Crippen LogP contribution >= 0.6 is 0 Å². The van der Waals surface area contributed by atoms with Crippen LogP contribution in [0.3, 0.4) is 0 Å². The fourth-order valence-corrected chi connectivity index (χ4v) is 3.43. The van der Waals surface area contributed by atoms with E-state index in [0.29, 0.717) is 0 Å². The smallest absolute Gasteiger partial charge is 0.195 e. The molecule has 2 rings (SSSR count). The summed E-state index contributed by atoms with van der Waals surface area (Å²) in [5.41, 5.74) is 0. The molecule has 0 aromatic carbocycles. The standard InChI is InChI=1S/C18H32O16/c19-1-5(22)9(24)16(6(23)2-20)34-18-15(30)13(28)11(26)8(33-18)4-31-17-14(29)12(27)10(25)7(3-21)32-17/h5-8,10-23,25-30H,1-4H2/t5-,6+,7+,8+,10+,11+,12-,13-,14+,15+,16+,17-,18+/m0/s1. The maximum absolute atomic E-state index is 12.2. The first-order valence-corrected chi connectivity index (χ1v) is 10.4. The number of aliphatic hydroxyl groups excluding tert-OH is 11. The third-order valence-electron chi connectivity index (χ3n) is 5.54. The van der Waals surface area contributed by atoms with Gasteiger partial charge in [0.2, 0.25) is 0 Å². The molecule has 2 saturated heterocycles. The van der Waals surface area contributed by atoms with Gasteiger partial charge in [0, 0.05) is 0 Å². The van der Waals surface area contributed by atoms with Gasteiger partial charge in [-0.3, -0.25) is 4.79 Å². The van der Waals surface area contributed by atoms with E-state index in [1.165, 1.54) is 0 Å². The topological polar surface area (TPSA) is 277 Å². The Bertz CT molecular complexity index is 635. The van der Waals surface area contributed by atoms with E-state index in [1.807, 2.05) is 0 Å². The van der Waals surface area contributed by atoms with E-state index >= 15 is 0 Å². The lowest BCUT2D eigenvalue weighted by molar-refractivity contribution is -0.337. The summed E-state index contributed by atoms with van der Waals surface area (Å²) in [4.78, 5) is 12.2. The van der Waals surface area contributed by atoms with Gasteiger partial charge >= 0.3 is 0 Å². The van der Waals surface area contributed by atoms with Gasteiger partial charge in [-0.25, -0.2) is 0 Å². The van der Waals surface area contributed by atoms with Crippen LogP contribution in [0, 0.1) is 0 Å². The Morgan fingerprint density at radius 3 is 1.79 bits per heavy atom. The third kappa shape index (κ3) is 6.44. The molecule has 2 fully saturated rings. The Morgan fingerprint density at radius 2 is 1.26 bits per heavy atom. The predicted octanol–water partition coefficient (Wildman–Crippen LogP) is -7.73. The van der Waals surface area contributed by atoms with Crippen molar-refractivity contribution in [3.05, 3.63) is 0 Å². The number of ketones is 1. The SMILES string of the molecule is O=C([C@@H](O)CO)[C@H](O[C@H]1O[C@H](CO[C@H]2O[C@H](CO)[C@@H](O)[C@H](O)[C@H]2O)[C@@H](O)[C@H](O)[C@H]1O)[C@H](O)CO. The van der Waals surface area contributed by atoms with Crippen LogP contribution in [0.15, 0.2) is 0 Å². The Morgan fingerprint density at radius 1 is 0.735 bits per heavy atom. The molecular formula is C18H32O16. The largest absolute Gasteiger partial charge is 0.394 e. The highest BCUT2D eigenvalue weighted by molar-refractivity contribution is 5.87. The van der Waals surface area contributed by atoms with E-state index < -0.39 is 112 Å². The van der Waals surface area contributed by atoms with Crippen molar-refractivity contribution in [1.82, 2.24) is 0 Å². The molecule has 0 amide bonds. The monoisotopic (exact) mass is 504 g/mol. The minimum atomic E-state index is -2.01. The normalized spacial score (nSPS) is 41.6. The van der Waals surface area contributed by atoms with Crippen LogP contribution < -0.4 is 0 Å². The van der Waals surface area contributed by atoms with Crippen molar-refractivity contribution in [3.8, 4) is 0 Å². The van der Waals surface area contributed by atoms with E-state index in [-0.39, 0.29) is 0 Å². The summed E-state index contributed by atoms with van der Waals surface area (Å²) in [6.45, 7) is -3.46. The number of hydrogen-bond donors (Lipinski definition) is 11. The van der Waals surface area contributed by atoms with Gasteiger partial charge in [0.05, 0.1) is 26.4 Å². The van der Waals surface area contributed by atoms with Crippen LogP contribution in [0.1, 0.15) is 0 Å². The molecule has 2 aliphatic heterocycles. The molecule has 0 spiro atoms. The van der Waals surface area contributed by atoms with Gasteiger partial charge in [-0.15, -0.1) is 0 Å². The van der Waals surface area contributed by atoms with Crippen LogP contribution in [0.2, 0.25) is 0 Å². The number of carbonyl (C=O) groups is 1. The highest BCUT2D eigenvalue weighted by Crippen LogP contribution is 2.27. The van der Waals surface area contributed by atoms with Gasteiger partial charge in [0.25, 0.3) is 0 Å². The molecular weight excluding hydrogens is 472 g/mol. The first-order valence-electron chi connectivity index (χ1n) is 10.4. The molecule has 16 heteroatoms. The summed E-state index contributed by atoms with van der Waals surface area (Å²) in [6.07, 6.45) is -23.2. The summed E-state index contributed by atoms with van der Waals surface area (Å²) in [5.74, 6) is -1.27. The van der Waals surface area contributed by atoms with Crippen molar-refractivity contribution >= 4 is 5.78 Å². The summed E-state index contributed by atoms with van der Waals surface area (Å²) in [5, 5.41) is 107. The molecule has 0 radical (unpaired) electrons. The van der Waals surface area contributed by atoms with E-state index in [4.69, 9.17) is 29.2 Å². The lowest BCUT2D eigenvalue weighted by atomic mass is 9.98. The zero-order valence-electron chi connectivity index (χ0n) is 17.8. The molecule has 200 valence electrons. The van der Waals surface area contributed by atoms with Crippen LogP contribution in [0.25, 0.3) is 0 Å². The van der Waals surface area contributed by atoms with Gasteiger partial charge in [-0.2, -0.15) is 0 Å². The van der Waals surface area contributed by atoms with Crippen molar-refractivity contribution in [2.45, 2.75) is 79.7 Å². The zero-order chi connectivity index (χ0) is 25.7. The maximum Gasteiger partial charge on any atom is 0.195 e. The summed E-state index contributed by atoms with van der Waals surface area (Å²) >= 11 is 0. The quantitative estimate of drug-likeness (QED) is 0.125. The lowest BCUT2D eigenvalue weighted by Crippen LogP contribution is -2.62. The van der Waals surface area contributed by atoms with Gasteiger partial charge < -0.3 is 75.1 Å². The molecule has 2 heterocycles. The van der Waals surface area contributed by atoms with Crippen molar-refractivity contribution < 1.29 is 79.9 Å². The fraction of sp³-hybridized carbons (Fsp3) is 0.944. The number of hydrogen-bond acceptors (Lipinski definition) is 16. The Kier molecular flexibility index (Phi) is 11.1. The van der Waals surface area contributed by atoms with E-state index in [2.05, 4.69) is 0 Å². The highest BCUT2D eigenvalue weighted by atomic mass is 16.7. The minimum absolute atomic E-state index is 0.673. The van der Waals surface area contributed by atoms with Crippen LogP contribution in [0.5, 0.6) is 0 Å². The number of ether oxygens (including phenoxy) is 4. The second kappa shape index (κ2) is 12.9. The Hall–Kier alpha value is -0.930. The van der Waals surface area contributed by atoms with Crippen molar-refractivity contribution in [1.29, 1.82) is 0 Å². The first kappa shape index (κ1) is 29.3. The van der Waals surface area contributed by atoms with Gasteiger partial charge in [-0.1, -0.05) is 0 Å². The molecule has 16 nitrogen and oxygen atoms in total. The molecule has 0 aromatic rings. The average molecular weight is 504 g/mol. The number of aliphatic hydroxyl groups is 11. The van der Waals surface area contributed by atoms with E-state index in [0.717, 1.165) is 0 Å². The third-order valence-corrected chi connectivity index (χ3v) is 5.54.